The summed E-state index contributed by atoms with van der Waals surface area (Å²) in [5, 5.41) is 8.58. The van der Waals surface area contributed by atoms with Crippen LogP contribution in [0.15, 0.2) is 0 Å². The Morgan fingerprint density at radius 2 is 1.88 bits per heavy atom. The molecule has 0 atom stereocenters. The lowest BCUT2D eigenvalue weighted by Crippen LogP contribution is -2.29. The van der Waals surface area contributed by atoms with Gasteiger partial charge >= 0.3 is 11.4 Å². The van der Waals surface area contributed by atoms with Gasteiger partial charge in [-0.15, -0.1) is 0 Å². The highest BCUT2D eigenvalue weighted by Crippen LogP contribution is 2.22. The Balaban J connectivity index is 0.000000325. The van der Waals surface area contributed by atoms with Gasteiger partial charge in [-0.25, -0.2) is 4.79 Å². The monoisotopic (exact) mass is 251 g/mol. The van der Waals surface area contributed by atoms with Gasteiger partial charge in [-0.05, 0) is 32.6 Å². The molecule has 1 rings (SSSR count). The minimum Gasteiger partial charge on any atom is -0.481 e. The van der Waals surface area contributed by atoms with Gasteiger partial charge in [0, 0.05) is 17.6 Å². The van der Waals surface area contributed by atoms with Crippen LogP contribution in [0, 0.1) is 5.92 Å². The van der Waals surface area contributed by atoms with Gasteiger partial charge in [0.2, 0.25) is 0 Å². The zero-order chi connectivity index (χ0) is 12.6. The number of carboxylic acids is 1. The van der Waals surface area contributed by atoms with Crippen molar-refractivity contribution < 1.29 is 19.4 Å². The molecule has 1 aliphatic rings. The first-order valence-electron chi connectivity index (χ1n) is 5.28. The quantitative estimate of drug-likeness (QED) is 0.733. The van der Waals surface area contributed by atoms with E-state index >= 15 is 0 Å². The Labute approximate surface area is 99.9 Å². The maximum atomic E-state index is 10.4. The highest BCUT2D eigenvalue weighted by Gasteiger charge is 2.23. The number of rotatable bonds is 2. The van der Waals surface area contributed by atoms with Crippen molar-refractivity contribution in [2.24, 2.45) is 11.7 Å². The van der Waals surface area contributed by atoms with Crippen LogP contribution in [0.25, 0.3) is 0 Å². The molecular formula is C10H18ClNO4. The van der Waals surface area contributed by atoms with Crippen LogP contribution in [-0.4, -0.2) is 29.2 Å². The third-order valence-corrected chi connectivity index (χ3v) is 2.49. The number of hydrogen-bond donors (Lipinski definition) is 2. The van der Waals surface area contributed by atoms with Gasteiger partial charge in [-0.3, -0.25) is 4.79 Å². The summed E-state index contributed by atoms with van der Waals surface area (Å²) in [4.78, 5) is 20.0. The molecular weight excluding hydrogens is 234 g/mol. The Morgan fingerprint density at radius 3 is 2.12 bits per heavy atom. The van der Waals surface area contributed by atoms with Crippen molar-refractivity contribution in [1.29, 1.82) is 0 Å². The molecule has 0 radical (unpaired) electrons. The average molecular weight is 252 g/mol. The molecule has 0 aliphatic heterocycles. The summed E-state index contributed by atoms with van der Waals surface area (Å²) >= 11 is 4.72. The van der Waals surface area contributed by atoms with E-state index in [2.05, 4.69) is 4.74 Å². The second-order valence-corrected chi connectivity index (χ2v) is 3.93. The van der Waals surface area contributed by atoms with Crippen molar-refractivity contribution in [1.82, 2.24) is 0 Å². The highest BCUT2D eigenvalue weighted by atomic mass is 35.5. The van der Waals surface area contributed by atoms with Gasteiger partial charge in [0.1, 0.15) is 0 Å². The van der Waals surface area contributed by atoms with Gasteiger partial charge < -0.3 is 15.6 Å². The molecule has 0 aromatic heterocycles. The zero-order valence-electron chi connectivity index (χ0n) is 9.32. The van der Waals surface area contributed by atoms with Crippen LogP contribution in [-0.2, 0) is 9.53 Å². The smallest absolute Gasteiger partial charge is 0.403 e. The van der Waals surface area contributed by atoms with Crippen molar-refractivity contribution in [3.8, 4) is 0 Å². The van der Waals surface area contributed by atoms with E-state index in [1.807, 2.05) is 0 Å². The lowest BCUT2D eigenvalue weighted by Gasteiger charge is -2.22. The van der Waals surface area contributed by atoms with E-state index in [4.69, 9.17) is 22.4 Å². The van der Waals surface area contributed by atoms with Crippen LogP contribution in [0.5, 0.6) is 0 Å². The van der Waals surface area contributed by atoms with Gasteiger partial charge in [-0.2, -0.15) is 0 Å². The van der Waals surface area contributed by atoms with Crippen LogP contribution < -0.4 is 5.73 Å². The number of halogens is 1. The van der Waals surface area contributed by atoms with E-state index in [0.717, 1.165) is 25.7 Å². The highest BCUT2D eigenvalue weighted by molar-refractivity contribution is 6.61. The van der Waals surface area contributed by atoms with Crippen molar-refractivity contribution >= 4 is 23.0 Å². The first-order chi connectivity index (χ1) is 7.47. The third-order valence-electron chi connectivity index (χ3n) is 2.38. The lowest BCUT2D eigenvalue weighted by molar-refractivity contribution is -0.142. The fourth-order valence-electron chi connectivity index (χ4n) is 1.48. The maximum Gasteiger partial charge on any atom is 0.403 e. The minimum absolute atomic E-state index is 0.125. The van der Waals surface area contributed by atoms with E-state index in [1.165, 1.54) is 0 Å². The van der Waals surface area contributed by atoms with E-state index in [0.29, 0.717) is 6.61 Å². The topological polar surface area (TPSA) is 89.6 Å². The number of hydrogen-bond acceptors (Lipinski definition) is 4. The fourth-order valence-corrected chi connectivity index (χ4v) is 1.59. The predicted molar refractivity (Wildman–Crippen MR) is 60.4 cm³/mol. The molecule has 1 fully saturated rings. The molecule has 3 N–H and O–H groups in total. The van der Waals surface area contributed by atoms with Gasteiger partial charge in [-0.1, -0.05) is 0 Å². The van der Waals surface area contributed by atoms with Gasteiger partial charge in [0.15, 0.2) is 0 Å². The SMILES string of the molecule is CCOC(=O)Cl.N[C@H]1CC[C@H](C(=O)O)CC1. The van der Waals surface area contributed by atoms with E-state index in [1.54, 1.807) is 6.92 Å². The molecule has 0 unspecified atom stereocenters. The number of carbonyl (C=O) groups excluding carboxylic acids is 1. The van der Waals surface area contributed by atoms with Gasteiger partial charge in [0.25, 0.3) is 0 Å². The van der Waals surface area contributed by atoms with E-state index < -0.39 is 11.4 Å². The van der Waals surface area contributed by atoms with Crippen molar-refractivity contribution in [3.63, 3.8) is 0 Å². The van der Waals surface area contributed by atoms with Crippen molar-refractivity contribution in [2.45, 2.75) is 38.6 Å². The third kappa shape index (κ3) is 7.48. The second kappa shape index (κ2) is 8.35. The molecule has 6 heteroatoms. The second-order valence-electron chi connectivity index (χ2n) is 3.62. The Hall–Kier alpha value is -0.810. The number of aliphatic carboxylic acids is 1. The molecule has 0 bridgehead atoms. The molecule has 0 aromatic carbocycles. The van der Waals surface area contributed by atoms with Crippen molar-refractivity contribution in [3.05, 3.63) is 0 Å². The Kier molecular flexibility index (Phi) is 7.93. The first kappa shape index (κ1) is 15.2. The number of ether oxygens (including phenoxy) is 1. The predicted octanol–water partition coefficient (Wildman–Crippen LogP) is 1.97. The Bertz CT molecular complexity index is 227. The molecule has 0 spiro atoms. The van der Waals surface area contributed by atoms with Crippen LogP contribution in [0.4, 0.5) is 4.79 Å². The van der Waals surface area contributed by atoms with E-state index in [9.17, 15) is 9.59 Å². The summed E-state index contributed by atoms with van der Waals surface area (Å²) in [6.45, 7) is 2.04. The summed E-state index contributed by atoms with van der Waals surface area (Å²) < 4.78 is 4.17. The summed E-state index contributed by atoms with van der Waals surface area (Å²) in [6, 6.07) is 0.246. The van der Waals surface area contributed by atoms with Crippen LogP contribution in [0.3, 0.4) is 0 Å². The first-order valence-corrected chi connectivity index (χ1v) is 5.65. The molecule has 94 valence electrons. The van der Waals surface area contributed by atoms with Crippen molar-refractivity contribution in [2.75, 3.05) is 6.61 Å². The molecule has 1 aliphatic carbocycles. The summed E-state index contributed by atoms with van der Waals surface area (Å²) in [7, 11) is 0. The maximum absolute atomic E-state index is 10.4. The minimum atomic E-state index is -0.738. The molecule has 5 nitrogen and oxygen atoms in total. The molecule has 0 heterocycles. The van der Waals surface area contributed by atoms with Crippen LogP contribution in [0.1, 0.15) is 32.6 Å². The zero-order valence-corrected chi connectivity index (χ0v) is 10.1. The standard InChI is InChI=1S/C7H13NO2.C3H5ClO2/c8-6-3-1-5(2-4-6)7(9)10;1-2-6-3(4)5/h5-6H,1-4,8H2,(H,9,10);2H2,1H3/t5-,6-;. The number of carbonyl (C=O) groups is 2. The molecule has 16 heavy (non-hydrogen) atoms. The summed E-state index contributed by atoms with van der Waals surface area (Å²) in [5.74, 6) is -0.785. The normalized spacial score (nSPS) is 23.9. The summed E-state index contributed by atoms with van der Waals surface area (Å²) in [5.41, 5.74) is 4.87. The lowest BCUT2D eigenvalue weighted by atomic mass is 9.87. The largest absolute Gasteiger partial charge is 0.481 e. The number of carboxylic acid groups (broad SMARTS) is 1. The molecule has 0 aromatic rings. The molecule has 0 saturated heterocycles. The Morgan fingerprint density at radius 1 is 1.38 bits per heavy atom. The van der Waals surface area contributed by atoms with Gasteiger partial charge in [0.05, 0.1) is 12.5 Å². The fraction of sp³-hybridized carbons (Fsp3) is 0.800. The van der Waals surface area contributed by atoms with Crippen LogP contribution >= 0.6 is 11.6 Å². The number of nitrogens with two attached hydrogens (primary N) is 1. The average Bonchev–Trinajstić information content (AvgIpc) is 2.19. The molecule has 1 saturated carbocycles. The van der Waals surface area contributed by atoms with Crippen LogP contribution in [0.2, 0.25) is 0 Å². The summed E-state index contributed by atoms with van der Waals surface area (Å²) in [6.07, 6.45) is 3.26. The molecule has 0 amide bonds. The van der Waals surface area contributed by atoms with E-state index in [-0.39, 0.29) is 12.0 Å².